The predicted octanol–water partition coefficient (Wildman–Crippen LogP) is 3.82. The van der Waals surface area contributed by atoms with E-state index in [1.165, 1.54) is 18.4 Å². The number of H-pyrrole nitrogens is 1. The summed E-state index contributed by atoms with van der Waals surface area (Å²) >= 11 is 0. The molecule has 5 rings (SSSR count). The van der Waals surface area contributed by atoms with E-state index in [4.69, 9.17) is 5.10 Å². The summed E-state index contributed by atoms with van der Waals surface area (Å²) in [5.74, 6) is 0. The standard InChI is InChI=1S/C22H22N4O/c1-15-18(14-25-13-7-12-19(25)16-8-3-2-4-9-16)21-23-22(27)17-10-5-6-11-20(17)26(21)24-15/h2-6,8-11,19H,7,12-14H2,1H3,(H,23,27). The Balaban J connectivity index is 1.59. The molecule has 0 saturated carbocycles. The highest BCUT2D eigenvalue weighted by atomic mass is 16.1. The molecule has 1 N–H and O–H groups in total. The minimum atomic E-state index is -0.0553. The number of hydrogen-bond acceptors (Lipinski definition) is 3. The van der Waals surface area contributed by atoms with Gasteiger partial charge < -0.3 is 4.98 Å². The molecule has 2 aromatic heterocycles. The summed E-state index contributed by atoms with van der Waals surface area (Å²) in [6.45, 7) is 3.89. The van der Waals surface area contributed by atoms with Gasteiger partial charge in [0.15, 0.2) is 0 Å². The quantitative estimate of drug-likeness (QED) is 0.606. The van der Waals surface area contributed by atoms with E-state index in [1.807, 2.05) is 35.7 Å². The van der Waals surface area contributed by atoms with Crippen molar-refractivity contribution in [2.75, 3.05) is 6.54 Å². The Morgan fingerprint density at radius 1 is 1.11 bits per heavy atom. The number of aryl methyl sites for hydroxylation is 1. The average Bonchev–Trinajstić information content (AvgIpc) is 3.29. The second kappa shape index (κ2) is 6.35. The van der Waals surface area contributed by atoms with E-state index < -0.39 is 0 Å². The second-order valence-corrected chi connectivity index (χ2v) is 7.33. The van der Waals surface area contributed by atoms with Gasteiger partial charge in [0, 0.05) is 18.2 Å². The molecule has 5 heteroatoms. The SMILES string of the molecule is Cc1nn2c([nH]c(=O)c3ccccc32)c1CN1CCCC1c1ccccc1. The van der Waals surface area contributed by atoms with Crippen molar-refractivity contribution in [3.05, 3.63) is 81.8 Å². The van der Waals surface area contributed by atoms with Gasteiger partial charge in [0.25, 0.3) is 5.56 Å². The number of hydrogen-bond donors (Lipinski definition) is 1. The van der Waals surface area contributed by atoms with E-state index >= 15 is 0 Å². The van der Waals surface area contributed by atoms with E-state index in [0.717, 1.165) is 35.5 Å². The number of para-hydroxylation sites is 1. The highest BCUT2D eigenvalue weighted by Crippen LogP contribution is 2.34. The fraction of sp³-hybridized carbons (Fsp3) is 0.273. The Morgan fingerprint density at radius 3 is 2.74 bits per heavy atom. The van der Waals surface area contributed by atoms with Crippen molar-refractivity contribution in [2.45, 2.75) is 32.4 Å². The first-order chi connectivity index (χ1) is 13.2. The predicted molar refractivity (Wildman–Crippen MR) is 107 cm³/mol. The number of rotatable bonds is 3. The average molecular weight is 358 g/mol. The molecule has 1 aliphatic rings. The monoisotopic (exact) mass is 358 g/mol. The van der Waals surface area contributed by atoms with Crippen LogP contribution in [0.5, 0.6) is 0 Å². The largest absolute Gasteiger partial charge is 0.306 e. The van der Waals surface area contributed by atoms with Gasteiger partial charge in [-0.1, -0.05) is 42.5 Å². The number of benzene rings is 2. The van der Waals surface area contributed by atoms with Crippen molar-refractivity contribution in [3.8, 4) is 0 Å². The summed E-state index contributed by atoms with van der Waals surface area (Å²) in [7, 11) is 0. The minimum absolute atomic E-state index is 0.0553. The van der Waals surface area contributed by atoms with Crippen molar-refractivity contribution in [1.29, 1.82) is 0 Å². The van der Waals surface area contributed by atoms with Crippen LogP contribution in [0, 0.1) is 6.92 Å². The zero-order valence-corrected chi connectivity index (χ0v) is 15.4. The molecular formula is C22H22N4O. The van der Waals surface area contributed by atoms with E-state index in [2.05, 4.69) is 40.2 Å². The fourth-order valence-electron chi connectivity index (χ4n) is 4.35. The van der Waals surface area contributed by atoms with Crippen LogP contribution in [0.15, 0.2) is 59.4 Å². The third kappa shape index (κ3) is 2.66. The van der Waals surface area contributed by atoms with Gasteiger partial charge in [0.1, 0.15) is 5.65 Å². The maximum atomic E-state index is 12.6. The molecular weight excluding hydrogens is 336 g/mol. The van der Waals surface area contributed by atoms with Gasteiger partial charge in [-0.15, -0.1) is 0 Å². The molecule has 1 unspecified atom stereocenters. The summed E-state index contributed by atoms with van der Waals surface area (Å²) < 4.78 is 1.88. The summed E-state index contributed by atoms with van der Waals surface area (Å²) in [5, 5.41) is 5.41. The number of nitrogens with one attached hydrogen (secondary N) is 1. The Bertz CT molecular complexity index is 1180. The third-order valence-electron chi connectivity index (χ3n) is 5.70. The summed E-state index contributed by atoms with van der Waals surface area (Å²) in [5.41, 5.74) is 5.06. The van der Waals surface area contributed by atoms with Crippen LogP contribution >= 0.6 is 0 Å². The zero-order valence-electron chi connectivity index (χ0n) is 15.4. The lowest BCUT2D eigenvalue weighted by atomic mass is 10.0. The molecule has 136 valence electrons. The lowest BCUT2D eigenvalue weighted by Gasteiger charge is -2.24. The molecule has 0 radical (unpaired) electrons. The van der Waals surface area contributed by atoms with Crippen molar-refractivity contribution in [1.82, 2.24) is 19.5 Å². The van der Waals surface area contributed by atoms with Crippen LogP contribution in [0.4, 0.5) is 0 Å². The van der Waals surface area contributed by atoms with Gasteiger partial charge in [-0.05, 0) is 44.0 Å². The zero-order chi connectivity index (χ0) is 18.4. The first-order valence-electron chi connectivity index (χ1n) is 9.50. The van der Waals surface area contributed by atoms with Crippen molar-refractivity contribution in [2.24, 2.45) is 0 Å². The molecule has 27 heavy (non-hydrogen) atoms. The van der Waals surface area contributed by atoms with Gasteiger partial charge in [0.05, 0.1) is 16.6 Å². The van der Waals surface area contributed by atoms with E-state index in [9.17, 15) is 4.79 Å². The van der Waals surface area contributed by atoms with Crippen LogP contribution < -0.4 is 5.56 Å². The summed E-state index contributed by atoms with van der Waals surface area (Å²) in [4.78, 5) is 18.1. The lowest BCUT2D eigenvalue weighted by molar-refractivity contribution is 0.249. The van der Waals surface area contributed by atoms with Gasteiger partial charge in [-0.3, -0.25) is 9.69 Å². The number of fused-ring (bicyclic) bond motifs is 3. The van der Waals surface area contributed by atoms with E-state index in [1.54, 1.807) is 0 Å². The van der Waals surface area contributed by atoms with Crippen LogP contribution in [0.1, 0.15) is 35.7 Å². The number of aromatic nitrogens is 3. The Morgan fingerprint density at radius 2 is 1.89 bits per heavy atom. The third-order valence-corrected chi connectivity index (χ3v) is 5.70. The highest BCUT2D eigenvalue weighted by molar-refractivity contribution is 5.80. The number of likely N-dealkylation sites (tertiary alicyclic amines) is 1. The molecule has 1 fully saturated rings. The lowest BCUT2D eigenvalue weighted by Crippen LogP contribution is -2.23. The minimum Gasteiger partial charge on any atom is -0.306 e. The van der Waals surface area contributed by atoms with Crippen molar-refractivity contribution < 1.29 is 0 Å². The smallest absolute Gasteiger partial charge is 0.259 e. The topological polar surface area (TPSA) is 53.4 Å². The number of nitrogens with zero attached hydrogens (tertiary/aromatic N) is 3. The van der Waals surface area contributed by atoms with E-state index in [0.29, 0.717) is 11.4 Å². The van der Waals surface area contributed by atoms with Crippen LogP contribution in [-0.2, 0) is 6.54 Å². The Hall–Kier alpha value is -2.92. The van der Waals surface area contributed by atoms with E-state index in [-0.39, 0.29) is 5.56 Å². The molecule has 3 heterocycles. The van der Waals surface area contributed by atoms with Crippen molar-refractivity contribution in [3.63, 3.8) is 0 Å². The maximum Gasteiger partial charge on any atom is 0.259 e. The first kappa shape index (κ1) is 16.3. The van der Waals surface area contributed by atoms with Gasteiger partial charge in [-0.2, -0.15) is 5.10 Å². The second-order valence-electron chi connectivity index (χ2n) is 7.33. The van der Waals surface area contributed by atoms with Gasteiger partial charge >= 0.3 is 0 Å². The fourth-order valence-corrected chi connectivity index (χ4v) is 4.35. The van der Waals surface area contributed by atoms with Crippen LogP contribution in [0.25, 0.3) is 16.6 Å². The summed E-state index contributed by atoms with van der Waals surface area (Å²) in [6, 6.07) is 18.8. The van der Waals surface area contributed by atoms with Crippen LogP contribution in [0.2, 0.25) is 0 Å². The molecule has 0 spiro atoms. The van der Waals surface area contributed by atoms with Crippen LogP contribution in [0.3, 0.4) is 0 Å². The normalized spacial score (nSPS) is 17.9. The molecule has 4 aromatic rings. The van der Waals surface area contributed by atoms with Gasteiger partial charge in [0.2, 0.25) is 0 Å². The Labute approximate surface area is 157 Å². The number of aromatic amines is 1. The molecule has 5 nitrogen and oxygen atoms in total. The molecule has 0 amide bonds. The molecule has 2 aromatic carbocycles. The first-order valence-corrected chi connectivity index (χ1v) is 9.50. The molecule has 0 bridgehead atoms. The highest BCUT2D eigenvalue weighted by Gasteiger charge is 2.27. The van der Waals surface area contributed by atoms with Crippen molar-refractivity contribution >= 4 is 16.6 Å². The molecule has 1 aliphatic heterocycles. The van der Waals surface area contributed by atoms with Crippen LogP contribution in [-0.4, -0.2) is 26.0 Å². The molecule has 0 aliphatic carbocycles. The van der Waals surface area contributed by atoms with Gasteiger partial charge in [-0.25, -0.2) is 4.52 Å². The Kier molecular flexibility index (Phi) is 3.83. The maximum absolute atomic E-state index is 12.6. The molecule has 1 saturated heterocycles. The summed E-state index contributed by atoms with van der Waals surface area (Å²) in [6.07, 6.45) is 2.36. The molecule has 1 atom stereocenters.